The van der Waals surface area contributed by atoms with E-state index in [0.29, 0.717) is 17.3 Å². The number of fused-ring (bicyclic) bond motifs is 1. The van der Waals surface area contributed by atoms with Crippen molar-refractivity contribution in [2.75, 3.05) is 5.32 Å². The van der Waals surface area contributed by atoms with E-state index in [1.165, 1.54) is 0 Å². The minimum Gasteiger partial charge on any atom is -0.480 e. The fraction of sp³-hybridized carbons (Fsp3) is 0.0769. The Balaban J connectivity index is 1.12. The van der Waals surface area contributed by atoms with Crippen LogP contribution in [0.2, 0.25) is 5.02 Å². The number of nitrogens with one attached hydrogen (secondary N) is 2. The maximum Gasteiger partial charge on any atom is 0.326 e. The van der Waals surface area contributed by atoms with Crippen LogP contribution in [0, 0.1) is 0 Å². The van der Waals surface area contributed by atoms with Gasteiger partial charge in [-0.1, -0.05) is 109 Å². The fourth-order valence-electron chi connectivity index (χ4n) is 5.34. The Morgan fingerprint density at radius 3 is 2.11 bits per heavy atom. The van der Waals surface area contributed by atoms with Crippen molar-refractivity contribution >= 4 is 39.9 Å². The van der Waals surface area contributed by atoms with E-state index in [1.807, 2.05) is 103 Å². The number of carbonyl (C=O) groups is 2. The standard InChI is InChI=1S/C39H31ClN2O4/c40-31-19-22-36(41-25-30-9-6-8-29-7-4-5-12-34(29)30)35(24-31)38(43)42-37(39(44)45)23-26-13-15-27(16-14-26)28-17-20-33(21-18-28)46-32-10-2-1-3-11-32/h1-22,24,37,41H,23,25H2,(H,42,43)(H,44,45). The van der Waals surface area contributed by atoms with Crippen LogP contribution in [0.15, 0.2) is 140 Å². The van der Waals surface area contributed by atoms with E-state index in [-0.39, 0.29) is 12.0 Å². The number of carbonyl (C=O) groups excluding carboxylic acids is 1. The average Bonchev–Trinajstić information content (AvgIpc) is 3.08. The Hall–Kier alpha value is -5.59. The molecule has 0 fully saturated rings. The molecule has 1 atom stereocenters. The Labute approximate surface area is 272 Å². The topological polar surface area (TPSA) is 87.7 Å². The lowest BCUT2D eigenvalue weighted by molar-refractivity contribution is -0.139. The third-order valence-corrected chi connectivity index (χ3v) is 7.97. The van der Waals surface area contributed by atoms with Crippen LogP contribution in [-0.2, 0) is 17.8 Å². The zero-order chi connectivity index (χ0) is 31.9. The average molecular weight is 627 g/mol. The number of hydrogen-bond donors (Lipinski definition) is 3. The van der Waals surface area contributed by atoms with Gasteiger partial charge in [0.25, 0.3) is 5.91 Å². The van der Waals surface area contributed by atoms with Crippen LogP contribution in [0.4, 0.5) is 5.69 Å². The van der Waals surface area contributed by atoms with Crippen molar-refractivity contribution in [2.24, 2.45) is 0 Å². The molecule has 1 amide bonds. The largest absolute Gasteiger partial charge is 0.480 e. The Bertz CT molecular complexity index is 1970. The van der Waals surface area contributed by atoms with Crippen molar-refractivity contribution in [3.63, 3.8) is 0 Å². The first-order chi connectivity index (χ1) is 22.4. The molecule has 6 aromatic rings. The highest BCUT2D eigenvalue weighted by molar-refractivity contribution is 6.31. The predicted octanol–water partition coefficient (Wildman–Crippen LogP) is 8.99. The summed E-state index contributed by atoms with van der Waals surface area (Å²) in [6.45, 7) is 0.473. The maximum absolute atomic E-state index is 13.4. The fourth-order valence-corrected chi connectivity index (χ4v) is 5.51. The van der Waals surface area contributed by atoms with Gasteiger partial charge < -0.3 is 20.5 Å². The predicted molar refractivity (Wildman–Crippen MR) is 184 cm³/mol. The molecule has 6 aromatic carbocycles. The minimum absolute atomic E-state index is 0.116. The van der Waals surface area contributed by atoms with Crippen LogP contribution in [0.3, 0.4) is 0 Å². The van der Waals surface area contributed by atoms with Crippen molar-refractivity contribution in [3.8, 4) is 22.6 Å². The van der Waals surface area contributed by atoms with Gasteiger partial charge >= 0.3 is 5.97 Å². The van der Waals surface area contributed by atoms with Gasteiger partial charge in [0, 0.05) is 23.7 Å². The van der Waals surface area contributed by atoms with Gasteiger partial charge in [-0.05, 0) is 75.5 Å². The summed E-state index contributed by atoms with van der Waals surface area (Å²) in [5.41, 5.74) is 4.66. The van der Waals surface area contributed by atoms with E-state index < -0.39 is 17.9 Å². The Morgan fingerprint density at radius 1 is 0.717 bits per heavy atom. The van der Waals surface area contributed by atoms with E-state index in [0.717, 1.165) is 44.5 Å². The summed E-state index contributed by atoms with van der Waals surface area (Å²) in [6, 6.07) is 43.0. The molecular formula is C39H31ClN2O4. The molecule has 0 aliphatic heterocycles. The van der Waals surface area contributed by atoms with Crippen molar-refractivity contribution < 1.29 is 19.4 Å². The maximum atomic E-state index is 13.4. The second kappa shape index (κ2) is 14.0. The van der Waals surface area contributed by atoms with Gasteiger partial charge in [0.05, 0.1) is 5.56 Å². The molecule has 7 heteroatoms. The first kappa shape index (κ1) is 30.4. The summed E-state index contributed by atoms with van der Waals surface area (Å²) in [7, 11) is 0. The number of para-hydroxylation sites is 1. The molecule has 0 saturated heterocycles. The van der Waals surface area contributed by atoms with Gasteiger partial charge in [-0.15, -0.1) is 0 Å². The first-order valence-electron chi connectivity index (χ1n) is 14.9. The normalized spacial score (nSPS) is 11.5. The Kier molecular flexibility index (Phi) is 9.27. The van der Waals surface area contributed by atoms with Crippen molar-refractivity contribution in [3.05, 3.63) is 161 Å². The summed E-state index contributed by atoms with van der Waals surface area (Å²) in [6.07, 6.45) is 0.116. The molecule has 0 aromatic heterocycles. The highest BCUT2D eigenvalue weighted by atomic mass is 35.5. The number of halogens is 1. The number of anilines is 1. The molecular weight excluding hydrogens is 596 g/mol. The number of ether oxygens (including phenoxy) is 1. The molecule has 6 rings (SSSR count). The summed E-state index contributed by atoms with van der Waals surface area (Å²) < 4.78 is 5.88. The van der Waals surface area contributed by atoms with Crippen LogP contribution in [-0.4, -0.2) is 23.0 Å². The number of carboxylic acid groups (broad SMARTS) is 1. The number of carboxylic acids is 1. The highest BCUT2D eigenvalue weighted by Gasteiger charge is 2.23. The molecule has 0 bridgehead atoms. The molecule has 0 heterocycles. The molecule has 0 spiro atoms. The van der Waals surface area contributed by atoms with Crippen molar-refractivity contribution in [2.45, 2.75) is 19.0 Å². The van der Waals surface area contributed by atoms with E-state index in [4.69, 9.17) is 16.3 Å². The van der Waals surface area contributed by atoms with Crippen LogP contribution in [0.1, 0.15) is 21.5 Å². The molecule has 0 aliphatic carbocycles. The lowest BCUT2D eigenvalue weighted by Crippen LogP contribution is -2.42. The molecule has 1 unspecified atom stereocenters. The van der Waals surface area contributed by atoms with Gasteiger partial charge in [0.15, 0.2) is 0 Å². The second-order valence-corrected chi connectivity index (χ2v) is 11.3. The number of amides is 1. The SMILES string of the molecule is O=C(NC(Cc1ccc(-c2ccc(Oc3ccccc3)cc2)cc1)C(=O)O)c1cc(Cl)ccc1NCc1cccc2ccccc12. The van der Waals surface area contributed by atoms with Crippen LogP contribution >= 0.6 is 11.6 Å². The van der Waals surface area contributed by atoms with Crippen molar-refractivity contribution in [1.29, 1.82) is 0 Å². The lowest BCUT2D eigenvalue weighted by atomic mass is 10.00. The number of hydrogen-bond acceptors (Lipinski definition) is 4. The van der Waals surface area contributed by atoms with Crippen LogP contribution in [0.5, 0.6) is 11.5 Å². The molecule has 6 nitrogen and oxygen atoms in total. The number of benzene rings is 6. The number of rotatable bonds is 11. The molecule has 46 heavy (non-hydrogen) atoms. The van der Waals surface area contributed by atoms with Crippen molar-refractivity contribution in [1.82, 2.24) is 5.32 Å². The summed E-state index contributed by atoms with van der Waals surface area (Å²) >= 11 is 6.26. The van der Waals surface area contributed by atoms with Gasteiger partial charge in [0.1, 0.15) is 17.5 Å². The molecule has 228 valence electrons. The highest BCUT2D eigenvalue weighted by Crippen LogP contribution is 2.27. The monoisotopic (exact) mass is 626 g/mol. The smallest absolute Gasteiger partial charge is 0.326 e. The first-order valence-corrected chi connectivity index (χ1v) is 15.3. The van der Waals surface area contributed by atoms with E-state index in [2.05, 4.69) is 28.8 Å². The third kappa shape index (κ3) is 7.37. The molecule has 0 aliphatic rings. The summed E-state index contributed by atoms with van der Waals surface area (Å²) in [5, 5.41) is 18.7. The lowest BCUT2D eigenvalue weighted by Gasteiger charge is -2.18. The molecule has 3 N–H and O–H groups in total. The zero-order valence-corrected chi connectivity index (χ0v) is 25.6. The number of aliphatic carboxylic acids is 1. The van der Waals surface area contributed by atoms with Gasteiger partial charge in [-0.25, -0.2) is 4.79 Å². The molecule has 0 radical (unpaired) electrons. The van der Waals surface area contributed by atoms with Crippen LogP contribution < -0.4 is 15.4 Å². The zero-order valence-electron chi connectivity index (χ0n) is 24.8. The summed E-state index contributed by atoms with van der Waals surface area (Å²) in [4.78, 5) is 25.7. The quantitative estimate of drug-likeness (QED) is 0.134. The van der Waals surface area contributed by atoms with E-state index in [1.54, 1.807) is 18.2 Å². The van der Waals surface area contributed by atoms with E-state index in [9.17, 15) is 14.7 Å². The van der Waals surface area contributed by atoms with Gasteiger partial charge in [0.2, 0.25) is 0 Å². The minimum atomic E-state index is -1.14. The Morgan fingerprint density at radius 2 is 1.37 bits per heavy atom. The van der Waals surface area contributed by atoms with E-state index >= 15 is 0 Å². The second-order valence-electron chi connectivity index (χ2n) is 10.9. The summed E-state index contributed by atoms with van der Waals surface area (Å²) in [5.74, 6) is -0.148. The van der Waals surface area contributed by atoms with Gasteiger partial charge in [-0.2, -0.15) is 0 Å². The third-order valence-electron chi connectivity index (χ3n) is 7.74. The van der Waals surface area contributed by atoms with Crippen LogP contribution in [0.25, 0.3) is 21.9 Å². The molecule has 0 saturated carbocycles. The van der Waals surface area contributed by atoms with Gasteiger partial charge in [-0.3, -0.25) is 4.79 Å².